The minimum atomic E-state index is 0. The number of nitrogens with two attached hydrogens (primary N) is 1. The lowest BCUT2D eigenvalue weighted by molar-refractivity contribution is 0.0906. The van der Waals surface area contributed by atoms with Gasteiger partial charge in [0.15, 0.2) is 5.13 Å². The van der Waals surface area contributed by atoms with Crippen molar-refractivity contribution < 1.29 is 0 Å². The van der Waals surface area contributed by atoms with E-state index in [4.69, 9.17) is 5.73 Å². The Morgan fingerprint density at radius 1 is 1.53 bits per heavy atom. The summed E-state index contributed by atoms with van der Waals surface area (Å²) in [5, 5.41) is 1.08. The minimum Gasteiger partial charge on any atom is -0.354 e. The van der Waals surface area contributed by atoms with Crippen LogP contribution in [0.2, 0.25) is 0 Å². The molecule has 0 radical (unpaired) electrons. The molecule has 0 saturated carbocycles. The molecule has 0 amide bonds. The second-order valence-electron chi connectivity index (χ2n) is 6.10. The predicted octanol–water partition coefficient (Wildman–Crippen LogP) is 2.19. The fourth-order valence-electron chi connectivity index (χ4n) is 2.42. The van der Waals surface area contributed by atoms with Crippen LogP contribution in [-0.2, 0) is 6.54 Å². The van der Waals surface area contributed by atoms with Gasteiger partial charge in [-0.3, -0.25) is 4.90 Å². The van der Waals surface area contributed by atoms with Crippen molar-refractivity contribution in [2.75, 3.05) is 32.1 Å². The summed E-state index contributed by atoms with van der Waals surface area (Å²) in [6.45, 7) is 7.70. The second kappa shape index (κ2) is 6.39. The minimum absolute atomic E-state index is 0. The Morgan fingerprint density at radius 3 is 2.74 bits per heavy atom. The van der Waals surface area contributed by atoms with Crippen LogP contribution in [0.1, 0.15) is 25.1 Å². The zero-order valence-corrected chi connectivity index (χ0v) is 13.9. The Hall–Kier alpha value is -0.360. The van der Waals surface area contributed by atoms with Gasteiger partial charge in [-0.25, -0.2) is 4.98 Å². The number of likely N-dealkylation sites (tertiary alicyclic amines) is 1. The van der Waals surface area contributed by atoms with Gasteiger partial charge in [-0.2, -0.15) is 0 Å². The molecule has 1 atom stereocenters. The SMILES string of the molecule is CN(C)c1ncc(CN2CCC(N)C(C)(C)C2)s1.Cl. The van der Waals surface area contributed by atoms with E-state index in [0.717, 1.165) is 31.2 Å². The average molecular weight is 305 g/mol. The van der Waals surface area contributed by atoms with Crippen LogP contribution in [0.5, 0.6) is 0 Å². The van der Waals surface area contributed by atoms with Crippen molar-refractivity contribution in [3.8, 4) is 0 Å². The van der Waals surface area contributed by atoms with E-state index in [-0.39, 0.29) is 17.8 Å². The largest absolute Gasteiger partial charge is 0.354 e. The van der Waals surface area contributed by atoms with E-state index in [9.17, 15) is 0 Å². The van der Waals surface area contributed by atoms with E-state index in [1.165, 1.54) is 4.88 Å². The zero-order chi connectivity index (χ0) is 13.3. The fraction of sp³-hybridized carbons (Fsp3) is 0.769. The summed E-state index contributed by atoms with van der Waals surface area (Å²) in [6.07, 6.45) is 3.09. The maximum atomic E-state index is 6.17. The number of anilines is 1. The average Bonchev–Trinajstić information content (AvgIpc) is 2.72. The molecule has 4 nitrogen and oxygen atoms in total. The molecule has 2 N–H and O–H groups in total. The maximum Gasteiger partial charge on any atom is 0.185 e. The summed E-state index contributed by atoms with van der Waals surface area (Å²) < 4.78 is 0. The number of nitrogens with zero attached hydrogens (tertiary/aromatic N) is 3. The Kier molecular flexibility index (Phi) is 5.62. The molecule has 0 aliphatic carbocycles. The molecule has 1 fully saturated rings. The van der Waals surface area contributed by atoms with E-state index in [1.807, 2.05) is 20.3 Å². The van der Waals surface area contributed by atoms with Gasteiger partial charge in [0.1, 0.15) is 0 Å². The number of halogens is 1. The Bertz CT molecular complexity index is 405. The third-order valence-electron chi connectivity index (χ3n) is 3.69. The summed E-state index contributed by atoms with van der Waals surface area (Å²) in [5.41, 5.74) is 6.38. The number of aromatic nitrogens is 1. The monoisotopic (exact) mass is 304 g/mol. The van der Waals surface area contributed by atoms with Gasteiger partial charge in [0.05, 0.1) is 0 Å². The Balaban J connectivity index is 0.00000180. The lowest BCUT2D eigenvalue weighted by atomic mass is 9.80. The zero-order valence-electron chi connectivity index (χ0n) is 12.2. The molecule has 2 rings (SSSR count). The van der Waals surface area contributed by atoms with Gasteiger partial charge in [-0.1, -0.05) is 13.8 Å². The summed E-state index contributed by atoms with van der Waals surface area (Å²) in [5.74, 6) is 0. The van der Waals surface area contributed by atoms with Crippen molar-refractivity contribution in [1.29, 1.82) is 0 Å². The van der Waals surface area contributed by atoms with Crippen LogP contribution in [0.4, 0.5) is 5.13 Å². The van der Waals surface area contributed by atoms with E-state index in [1.54, 1.807) is 11.3 Å². The first-order chi connectivity index (χ1) is 8.38. The Morgan fingerprint density at radius 2 is 2.21 bits per heavy atom. The standard InChI is InChI=1S/C13H24N4S.ClH/c1-13(2)9-17(6-5-11(13)14)8-10-7-15-12(18-10)16(3)4;/h7,11H,5-6,8-9,14H2,1-4H3;1H. The van der Waals surface area contributed by atoms with Gasteiger partial charge in [0.25, 0.3) is 0 Å². The highest BCUT2D eigenvalue weighted by molar-refractivity contribution is 7.15. The normalized spacial score (nSPS) is 22.9. The molecule has 1 unspecified atom stereocenters. The molecule has 0 aromatic carbocycles. The third kappa shape index (κ3) is 4.05. The third-order valence-corrected chi connectivity index (χ3v) is 4.84. The van der Waals surface area contributed by atoms with Crippen LogP contribution in [0.25, 0.3) is 0 Å². The van der Waals surface area contributed by atoms with Crippen LogP contribution in [0.3, 0.4) is 0 Å². The van der Waals surface area contributed by atoms with Crippen molar-refractivity contribution in [3.05, 3.63) is 11.1 Å². The lowest BCUT2D eigenvalue weighted by Gasteiger charge is -2.42. The number of thiazole rings is 1. The number of rotatable bonds is 3. The molecule has 1 aliphatic heterocycles. The summed E-state index contributed by atoms with van der Waals surface area (Å²) in [4.78, 5) is 10.3. The molecular formula is C13H25ClN4S. The van der Waals surface area contributed by atoms with E-state index < -0.39 is 0 Å². The lowest BCUT2D eigenvalue weighted by Crippen LogP contribution is -2.51. The number of hydrogen-bond acceptors (Lipinski definition) is 5. The van der Waals surface area contributed by atoms with Crippen LogP contribution >= 0.6 is 23.7 Å². The highest BCUT2D eigenvalue weighted by Gasteiger charge is 2.33. The highest BCUT2D eigenvalue weighted by atomic mass is 35.5. The molecule has 1 saturated heterocycles. The fourth-order valence-corrected chi connectivity index (χ4v) is 3.29. The maximum absolute atomic E-state index is 6.17. The molecule has 1 aromatic heterocycles. The molecule has 19 heavy (non-hydrogen) atoms. The van der Waals surface area contributed by atoms with Crippen molar-refractivity contribution in [1.82, 2.24) is 9.88 Å². The van der Waals surface area contributed by atoms with Gasteiger partial charge in [-0.15, -0.1) is 23.7 Å². The second-order valence-corrected chi connectivity index (χ2v) is 7.19. The van der Waals surface area contributed by atoms with Gasteiger partial charge < -0.3 is 10.6 Å². The van der Waals surface area contributed by atoms with Crippen molar-refractivity contribution >= 4 is 28.9 Å². The molecule has 1 aliphatic rings. The quantitative estimate of drug-likeness (QED) is 0.930. The first-order valence-electron chi connectivity index (χ1n) is 6.48. The molecule has 6 heteroatoms. The number of piperidine rings is 1. The van der Waals surface area contributed by atoms with Crippen molar-refractivity contribution in [3.63, 3.8) is 0 Å². The molecular weight excluding hydrogens is 280 g/mol. The molecule has 1 aromatic rings. The van der Waals surface area contributed by atoms with Crippen LogP contribution < -0.4 is 10.6 Å². The van der Waals surface area contributed by atoms with E-state index >= 15 is 0 Å². The van der Waals surface area contributed by atoms with Crippen LogP contribution in [0.15, 0.2) is 6.20 Å². The van der Waals surface area contributed by atoms with Crippen molar-refractivity contribution in [2.45, 2.75) is 32.9 Å². The van der Waals surface area contributed by atoms with E-state index in [0.29, 0.717) is 6.04 Å². The van der Waals surface area contributed by atoms with Crippen LogP contribution in [0, 0.1) is 5.41 Å². The summed E-state index contributed by atoms with van der Waals surface area (Å²) >= 11 is 1.78. The molecule has 110 valence electrons. The summed E-state index contributed by atoms with van der Waals surface area (Å²) in [6, 6.07) is 0.326. The van der Waals surface area contributed by atoms with Crippen molar-refractivity contribution in [2.24, 2.45) is 11.1 Å². The highest BCUT2D eigenvalue weighted by Crippen LogP contribution is 2.30. The molecule has 2 heterocycles. The van der Waals surface area contributed by atoms with Gasteiger partial charge in [0.2, 0.25) is 0 Å². The first-order valence-corrected chi connectivity index (χ1v) is 7.30. The molecule has 0 spiro atoms. The number of hydrogen-bond donors (Lipinski definition) is 1. The summed E-state index contributed by atoms with van der Waals surface area (Å²) in [7, 11) is 4.07. The van der Waals surface area contributed by atoms with Gasteiger partial charge in [-0.05, 0) is 11.8 Å². The first kappa shape index (κ1) is 16.7. The smallest absolute Gasteiger partial charge is 0.185 e. The van der Waals surface area contributed by atoms with Crippen LogP contribution in [-0.4, -0.2) is 43.1 Å². The Labute approximate surface area is 126 Å². The van der Waals surface area contributed by atoms with Gasteiger partial charge >= 0.3 is 0 Å². The van der Waals surface area contributed by atoms with Gasteiger partial charge in [0, 0.05) is 50.8 Å². The predicted molar refractivity (Wildman–Crippen MR) is 85.3 cm³/mol. The van der Waals surface area contributed by atoms with E-state index in [2.05, 4.69) is 28.6 Å². The molecule has 0 bridgehead atoms. The topological polar surface area (TPSA) is 45.4 Å².